The summed E-state index contributed by atoms with van der Waals surface area (Å²) in [5, 5.41) is 7.85. The number of aromatic nitrogens is 3. The molecule has 7 heteroatoms. The molecule has 0 aromatic carbocycles. The molecule has 0 saturated heterocycles. The van der Waals surface area contributed by atoms with E-state index in [1.807, 2.05) is 6.92 Å². The summed E-state index contributed by atoms with van der Waals surface area (Å²) >= 11 is 5.87. The van der Waals surface area contributed by atoms with Crippen LogP contribution in [-0.2, 0) is 22.8 Å². The van der Waals surface area contributed by atoms with Crippen LogP contribution in [0, 0.1) is 0 Å². The van der Waals surface area contributed by atoms with Crippen molar-refractivity contribution in [1.82, 2.24) is 14.8 Å². The summed E-state index contributed by atoms with van der Waals surface area (Å²) in [4.78, 5) is 0. The molecule has 0 fully saturated rings. The molecule has 1 aromatic rings. The van der Waals surface area contributed by atoms with Gasteiger partial charge in [-0.25, -0.2) is 8.42 Å². The third-order valence-corrected chi connectivity index (χ3v) is 5.06. The summed E-state index contributed by atoms with van der Waals surface area (Å²) in [6.07, 6.45) is 1.89. The first kappa shape index (κ1) is 13.4. The number of hydrogen-bond donors (Lipinski definition) is 0. The highest BCUT2D eigenvalue weighted by Crippen LogP contribution is 2.21. The van der Waals surface area contributed by atoms with Gasteiger partial charge in [-0.05, 0) is 25.4 Å². The van der Waals surface area contributed by atoms with Gasteiger partial charge in [0, 0.05) is 19.2 Å². The van der Waals surface area contributed by atoms with Crippen molar-refractivity contribution in [2.75, 3.05) is 6.26 Å². The van der Waals surface area contributed by atoms with E-state index >= 15 is 0 Å². The van der Waals surface area contributed by atoms with Crippen LogP contribution in [0.15, 0.2) is 0 Å². The minimum atomic E-state index is -3.16. The van der Waals surface area contributed by atoms with Crippen molar-refractivity contribution in [3.8, 4) is 0 Å². The van der Waals surface area contributed by atoms with E-state index in [-0.39, 0.29) is 11.8 Å². The second-order valence-corrected chi connectivity index (χ2v) is 7.34. The number of sulfone groups is 1. The van der Waals surface area contributed by atoms with Crippen LogP contribution in [0.4, 0.5) is 0 Å². The summed E-state index contributed by atoms with van der Waals surface area (Å²) in [5.74, 6) is 0.696. The molecule has 0 amide bonds. The number of rotatable bonds is 4. The maximum absolute atomic E-state index is 11.6. The first-order chi connectivity index (χ1) is 7.19. The molecule has 0 spiro atoms. The van der Waals surface area contributed by atoms with Crippen LogP contribution in [0.1, 0.15) is 26.6 Å². The van der Waals surface area contributed by atoms with E-state index < -0.39 is 14.6 Å². The van der Waals surface area contributed by atoms with Crippen LogP contribution < -0.4 is 0 Å². The molecule has 0 unspecified atom stereocenters. The van der Waals surface area contributed by atoms with Crippen molar-refractivity contribution >= 4 is 21.4 Å². The van der Waals surface area contributed by atoms with Crippen LogP contribution in [0.25, 0.3) is 0 Å². The Labute approximate surface area is 101 Å². The van der Waals surface area contributed by atoms with E-state index in [0.717, 1.165) is 0 Å². The van der Waals surface area contributed by atoms with Crippen molar-refractivity contribution in [1.29, 1.82) is 0 Å². The first-order valence-corrected chi connectivity index (χ1v) is 7.23. The van der Waals surface area contributed by atoms with Crippen LogP contribution in [0.5, 0.6) is 0 Å². The minimum absolute atomic E-state index is 0.230. The minimum Gasteiger partial charge on any atom is -0.300 e. The maximum atomic E-state index is 11.6. The first-order valence-electron chi connectivity index (χ1n) is 4.96. The average molecular weight is 266 g/mol. The van der Waals surface area contributed by atoms with Gasteiger partial charge in [0.05, 0.1) is 4.75 Å². The molecule has 0 N–H and O–H groups in total. The SMILES string of the molecule is CCc1nnc(Cl)n1CC(C)(C)S(C)(=O)=O. The van der Waals surface area contributed by atoms with Crippen LogP contribution in [0.2, 0.25) is 5.28 Å². The van der Waals surface area contributed by atoms with Gasteiger partial charge >= 0.3 is 0 Å². The van der Waals surface area contributed by atoms with Crippen molar-refractivity contribution in [2.45, 2.75) is 38.5 Å². The fourth-order valence-corrected chi connectivity index (χ4v) is 1.79. The van der Waals surface area contributed by atoms with E-state index in [4.69, 9.17) is 11.6 Å². The molecule has 5 nitrogen and oxygen atoms in total. The van der Waals surface area contributed by atoms with E-state index in [1.54, 1.807) is 18.4 Å². The van der Waals surface area contributed by atoms with E-state index in [1.165, 1.54) is 6.26 Å². The lowest BCUT2D eigenvalue weighted by Crippen LogP contribution is -2.36. The number of nitrogens with zero attached hydrogens (tertiary/aromatic N) is 3. The van der Waals surface area contributed by atoms with Gasteiger partial charge in [0.15, 0.2) is 9.84 Å². The van der Waals surface area contributed by atoms with E-state index in [2.05, 4.69) is 10.2 Å². The lowest BCUT2D eigenvalue weighted by atomic mass is 10.2. The van der Waals surface area contributed by atoms with Crippen molar-refractivity contribution in [3.63, 3.8) is 0 Å². The molecule has 0 saturated carbocycles. The molecular weight excluding hydrogens is 250 g/mol. The quantitative estimate of drug-likeness (QED) is 0.824. The predicted octanol–water partition coefficient (Wildman–Crippen LogP) is 1.32. The fourth-order valence-electron chi connectivity index (χ4n) is 1.23. The molecule has 1 heterocycles. The Morgan fingerprint density at radius 1 is 1.38 bits per heavy atom. The van der Waals surface area contributed by atoms with Gasteiger partial charge in [0.2, 0.25) is 5.28 Å². The van der Waals surface area contributed by atoms with Crippen LogP contribution >= 0.6 is 11.6 Å². The van der Waals surface area contributed by atoms with Crippen molar-refractivity contribution in [2.24, 2.45) is 0 Å². The van der Waals surface area contributed by atoms with E-state index in [0.29, 0.717) is 12.2 Å². The molecule has 0 aliphatic heterocycles. The number of aryl methyl sites for hydroxylation is 1. The normalized spacial score (nSPS) is 13.1. The largest absolute Gasteiger partial charge is 0.300 e. The molecule has 0 aliphatic rings. The molecule has 1 rings (SSSR count). The Morgan fingerprint density at radius 3 is 2.38 bits per heavy atom. The van der Waals surface area contributed by atoms with Gasteiger partial charge in [-0.2, -0.15) is 0 Å². The molecule has 0 atom stereocenters. The standard InChI is InChI=1S/C9H16ClN3O2S/c1-5-7-11-12-8(10)13(7)6-9(2,3)16(4,14)15/h5-6H2,1-4H3. The second kappa shape index (κ2) is 4.33. The Morgan fingerprint density at radius 2 is 1.94 bits per heavy atom. The highest BCUT2D eigenvalue weighted by atomic mass is 35.5. The summed E-state index contributed by atoms with van der Waals surface area (Å²) in [5.41, 5.74) is 0. The molecule has 0 radical (unpaired) electrons. The summed E-state index contributed by atoms with van der Waals surface area (Å²) in [7, 11) is -3.16. The van der Waals surface area contributed by atoms with Gasteiger partial charge in [-0.1, -0.05) is 6.92 Å². The topological polar surface area (TPSA) is 64.8 Å². The Hall–Kier alpha value is -0.620. The smallest absolute Gasteiger partial charge is 0.225 e. The van der Waals surface area contributed by atoms with Gasteiger partial charge in [-0.15, -0.1) is 10.2 Å². The van der Waals surface area contributed by atoms with Gasteiger partial charge in [-0.3, -0.25) is 0 Å². The fraction of sp³-hybridized carbons (Fsp3) is 0.778. The van der Waals surface area contributed by atoms with Crippen molar-refractivity contribution < 1.29 is 8.42 Å². The zero-order chi connectivity index (χ0) is 12.6. The lowest BCUT2D eigenvalue weighted by molar-refractivity contribution is 0.494. The monoisotopic (exact) mass is 265 g/mol. The number of hydrogen-bond acceptors (Lipinski definition) is 4. The highest BCUT2D eigenvalue weighted by molar-refractivity contribution is 7.92. The van der Waals surface area contributed by atoms with Gasteiger partial charge in [0.25, 0.3) is 0 Å². The zero-order valence-corrected chi connectivity index (χ0v) is 11.4. The van der Waals surface area contributed by atoms with Crippen molar-refractivity contribution in [3.05, 3.63) is 11.1 Å². The van der Waals surface area contributed by atoms with Crippen LogP contribution in [0.3, 0.4) is 0 Å². The summed E-state index contributed by atoms with van der Waals surface area (Å²) < 4.78 is 23.9. The maximum Gasteiger partial charge on any atom is 0.225 e. The third-order valence-electron chi connectivity index (χ3n) is 2.64. The molecule has 92 valence electrons. The average Bonchev–Trinajstić information content (AvgIpc) is 2.45. The Bertz CT molecular complexity index is 479. The predicted molar refractivity (Wildman–Crippen MR) is 63.3 cm³/mol. The molecule has 1 aromatic heterocycles. The van der Waals surface area contributed by atoms with Gasteiger partial charge < -0.3 is 4.57 Å². The molecule has 0 bridgehead atoms. The second-order valence-electron chi connectivity index (χ2n) is 4.36. The third kappa shape index (κ3) is 2.55. The van der Waals surface area contributed by atoms with Crippen LogP contribution in [-0.4, -0.2) is 34.2 Å². The lowest BCUT2D eigenvalue weighted by Gasteiger charge is -2.23. The Kier molecular flexibility index (Phi) is 3.64. The summed E-state index contributed by atoms with van der Waals surface area (Å²) in [6.45, 7) is 5.52. The zero-order valence-electron chi connectivity index (χ0n) is 9.86. The summed E-state index contributed by atoms with van der Waals surface area (Å²) in [6, 6.07) is 0. The van der Waals surface area contributed by atoms with E-state index in [9.17, 15) is 8.42 Å². The number of halogens is 1. The molecular formula is C9H16ClN3O2S. The molecule has 16 heavy (non-hydrogen) atoms. The highest BCUT2D eigenvalue weighted by Gasteiger charge is 2.32. The Balaban J connectivity index is 3.10. The van der Waals surface area contributed by atoms with Gasteiger partial charge in [0.1, 0.15) is 5.82 Å². The molecule has 0 aliphatic carbocycles.